The lowest BCUT2D eigenvalue weighted by Gasteiger charge is -2.11. The molecule has 0 aliphatic heterocycles. The maximum atomic E-state index is 12.7. The van der Waals surface area contributed by atoms with E-state index < -0.39 is 5.91 Å². The molecule has 0 saturated heterocycles. The van der Waals surface area contributed by atoms with Gasteiger partial charge in [-0.25, -0.2) is 4.98 Å². The van der Waals surface area contributed by atoms with E-state index in [0.29, 0.717) is 23.9 Å². The van der Waals surface area contributed by atoms with E-state index in [0.717, 1.165) is 6.54 Å². The second-order valence-corrected chi connectivity index (χ2v) is 6.84. The van der Waals surface area contributed by atoms with Crippen LogP contribution in [-0.4, -0.2) is 71.1 Å². The predicted molar refractivity (Wildman–Crippen MR) is 112 cm³/mol. The summed E-state index contributed by atoms with van der Waals surface area (Å²) in [5.41, 5.74) is 6.55. The van der Waals surface area contributed by atoms with Crippen molar-refractivity contribution in [1.82, 2.24) is 24.6 Å². The summed E-state index contributed by atoms with van der Waals surface area (Å²) >= 11 is 0. The monoisotopic (exact) mass is 400 g/mol. The summed E-state index contributed by atoms with van der Waals surface area (Å²) in [6.45, 7) is 5.33. The lowest BCUT2D eigenvalue weighted by Crippen LogP contribution is -2.22. The van der Waals surface area contributed by atoms with Crippen molar-refractivity contribution >= 4 is 17.9 Å². The highest BCUT2D eigenvalue weighted by molar-refractivity contribution is 6.17. The van der Waals surface area contributed by atoms with Crippen molar-refractivity contribution in [1.29, 1.82) is 0 Å². The number of pyridine rings is 1. The molecule has 1 amide bonds. The Bertz CT molecular complexity index is 886. The molecule has 0 aliphatic rings. The van der Waals surface area contributed by atoms with E-state index in [1.807, 2.05) is 43.5 Å². The minimum atomic E-state index is -0.465. The molecule has 0 unspecified atom stereocenters. The third-order valence-electron chi connectivity index (χ3n) is 3.98. The number of rotatable bonds is 9. The summed E-state index contributed by atoms with van der Waals surface area (Å²) in [6.07, 6.45) is 3.06. The molecule has 0 aliphatic carbocycles. The number of anilines is 1. The first kappa shape index (κ1) is 22.0. The zero-order chi connectivity index (χ0) is 21.4. The van der Waals surface area contributed by atoms with Gasteiger partial charge in [-0.15, -0.1) is 10.2 Å². The molecule has 0 saturated carbocycles. The van der Waals surface area contributed by atoms with Crippen molar-refractivity contribution in [2.45, 2.75) is 19.9 Å². The summed E-state index contributed by atoms with van der Waals surface area (Å²) in [4.78, 5) is 23.4. The van der Waals surface area contributed by atoms with Crippen LogP contribution in [0.1, 0.15) is 19.9 Å². The molecule has 156 valence electrons. The molecule has 0 radical (unpaired) electrons. The molecule has 0 atom stereocenters. The van der Waals surface area contributed by atoms with Gasteiger partial charge in [-0.3, -0.25) is 9.79 Å². The fraction of sp³-hybridized carbons (Fsp3) is 0.421. The van der Waals surface area contributed by atoms with Crippen molar-refractivity contribution in [2.24, 2.45) is 10.7 Å². The number of hydrogen-bond acceptors (Lipinski definition) is 8. The van der Waals surface area contributed by atoms with E-state index in [1.165, 1.54) is 13.3 Å². The fourth-order valence-corrected chi connectivity index (χ4v) is 2.37. The lowest BCUT2D eigenvalue weighted by atomic mass is 10.2. The quantitative estimate of drug-likeness (QED) is 0.369. The van der Waals surface area contributed by atoms with Gasteiger partial charge in [0.1, 0.15) is 23.4 Å². The number of methoxy groups -OCH3 is 1. The topological polar surface area (TPSA) is 124 Å². The number of aromatic nitrogens is 4. The highest BCUT2D eigenvalue weighted by Gasteiger charge is 2.16. The van der Waals surface area contributed by atoms with Crippen LogP contribution in [0.15, 0.2) is 41.0 Å². The maximum absolute atomic E-state index is 12.7. The summed E-state index contributed by atoms with van der Waals surface area (Å²) in [7, 11) is 5.29. The van der Waals surface area contributed by atoms with E-state index in [9.17, 15) is 4.79 Å². The minimum absolute atomic E-state index is 0.0215. The van der Waals surface area contributed by atoms with E-state index in [2.05, 4.69) is 25.5 Å². The van der Waals surface area contributed by atoms with Crippen LogP contribution in [0.2, 0.25) is 0 Å². The van der Waals surface area contributed by atoms with E-state index in [4.69, 9.17) is 10.5 Å². The molecular formula is C19H28N8O2. The number of nitrogens with one attached hydrogen (secondary N) is 1. The zero-order valence-electron chi connectivity index (χ0n) is 17.5. The van der Waals surface area contributed by atoms with E-state index >= 15 is 0 Å². The number of nitrogens with two attached hydrogens (primary N) is 1. The van der Waals surface area contributed by atoms with Gasteiger partial charge in [-0.05, 0) is 40.1 Å². The molecule has 2 heterocycles. The number of carbonyl (C=O) groups is 1. The van der Waals surface area contributed by atoms with Crippen LogP contribution in [0.3, 0.4) is 0 Å². The average molecular weight is 400 g/mol. The van der Waals surface area contributed by atoms with Gasteiger partial charge in [0, 0.05) is 18.8 Å². The van der Waals surface area contributed by atoms with Crippen molar-refractivity contribution < 1.29 is 9.53 Å². The molecule has 3 N–H and O–H groups in total. The number of nitrogens with zero attached hydrogens (tertiary/aromatic N) is 6. The molecule has 10 nitrogen and oxygen atoms in total. The Balaban J connectivity index is 2.21. The lowest BCUT2D eigenvalue weighted by molar-refractivity contribution is -0.112. The number of amides is 1. The average Bonchev–Trinajstić information content (AvgIpc) is 3.17. The first-order chi connectivity index (χ1) is 13.8. The molecule has 0 spiro atoms. The molecule has 0 aromatic carbocycles. The van der Waals surface area contributed by atoms with Gasteiger partial charge in [0.15, 0.2) is 11.7 Å². The number of carbonyl (C=O) groups excluding carboxylic acids is 1. The molecule has 0 bridgehead atoms. The highest BCUT2D eigenvalue weighted by atomic mass is 16.5. The second-order valence-electron chi connectivity index (χ2n) is 6.84. The van der Waals surface area contributed by atoms with E-state index in [1.54, 1.807) is 18.5 Å². The summed E-state index contributed by atoms with van der Waals surface area (Å²) in [5.74, 6) is 0.488. The Morgan fingerprint density at radius 1 is 1.41 bits per heavy atom. The van der Waals surface area contributed by atoms with Gasteiger partial charge in [0.2, 0.25) is 0 Å². The van der Waals surface area contributed by atoms with Gasteiger partial charge in [0.25, 0.3) is 5.91 Å². The van der Waals surface area contributed by atoms with Crippen molar-refractivity contribution in [3.63, 3.8) is 0 Å². The van der Waals surface area contributed by atoms with Crippen LogP contribution < -0.4 is 11.1 Å². The van der Waals surface area contributed by atoms with Crippen molar-refractivity contribution in [3.05, 3.63) is 36.0 Å². The third kappa shape index (κ3) is 6.11. The molecule has 2 aromatic rings. The molecular weight excluding hydrogens is 372 g/mol. The Morgan fingerprint density at radius 2 is 2.17 bits per heavy atom. The maximum Gasteiger partial charge on any atom is 0.263 e. The molecule has 10 heteroatoms. The number of aliphatic imine (C=N–C) groups is 1. The highest BCUT2D eigenvalue weighted by Crippen LogP contribution is 2.20. The van der Waals surface area contributed by atoms with Crippen LogP contribution in [0.25, 0.3) is 11.5 Å². The Morgan fingerprint density at radius 3 is 2.83 bits per heavy atom. The van der Waals surface area contributed by atoms with Gasteiger partial charge in [0.05, 0.1) is 13.7 Å². The summed E-state index contributed by atoms with van der Waals surface area (Å²) in [6, 6.07) is 5.45. The normalized spacial score (nSPS) is 12.5. The summed E-state index contributed by atoms with van der Waals surface area (Å²) in [5, 5.41) is 10.8. The first-order valence-corrected chi connectivity index (χ1v) is 9.20. The number of ether oxygens (including phenoxy) is 1. The molecule has 0 fully saturated rings. The van der Waals surface area contributed by atoms with Gasteiger partial charge >= 0.3 is 0 Å². The van der Waals surface area contributed by atoms with Gasteiger partial charge in [-0.1, -0.05) is 6.07 Å². The van der Waals surface area contributed by atoms with Gasteiger partial charge < -0.3 is 25.3 Å². The Hall–Kier alpha value is -3.27. The van der Waals surface area contributed by atoms with Crippen LogP contribution in [0.4, 0.5) is 5.82 Å². The second kappa shape index (κ2) is 10.3. The number of likely N-dealkylation sites (N-methyl/N-ethyl adjacent to an activating group) is 1. The molecule has 2 rings (SSSR count). The molecule has 29 heavy (non-hydrogen) atoms. The SMILES string of the molecule is COC(N)=C(C=NCCN(C)C)C(=O)Nc1cccc(-c2nncn2C(C)C)n1. The zero-order valence-corrected chi connectivity index (χ0v) is 17.5. The largest absolute Gasteiger partial charge is 0.482 e. The molecule has 2 aromatic heterocycles. The van der Waals surface area contributed by atoms with Crippen LogP contribution >= 0.6 is 0 Å². The van der Waals surface area contributed by atoms with Crippen LogP contribution in [-0.2, 0) is 9.53 Å². The smallest absolute Gasteiger partial charge is 0.263 e. The standard InChI is InChI=1S/C19H28N8O2/c1-13(2)27-12-22-25-18(27)15-7-6-8-16(23-15)24-19(28)14(17(20)29-5)11-21-9-10-26(3)4/h6-8,11-13H,9-10,20H2,1-5H3,(H,23,24,28). The van der Waals surface area contributed by atoms with Crippen LogP contribution in [0.5, 0.6) is 0 Å². The third-order valence-corrected chi connectivity index (χ3v) is 3.98. The van der Waals surface area contributed by atoms with Crippen LogP contribution in [0, 0.1) is 0 Å². The summed E-state index contributed by atoms with van der Waals surface area (Å²) < 4.78 is 6.93. The van der Waals surface area contributed by atoms with E-state index in [-0.39, 0.29) is 17.5 Å². The number of hydrogen-bond donors (Lipinski definition) is 2. The Labute approximate surface area is 170 Å². The predicted octanol–water partition coefficient (Wildman–Crippen LogP) is 1.31. The minimum Gasteiger partial charge on any atom is -0.482 e. The fourth-order valence-electron chi connectivity index (χ4n) is 2.37. The van der Waals surface area contributed by atoms with Crippen molar-refractivity contribution in [2.75, 3.05) is 39.6 Å². The Kier molecular flexibility index (Phi) is 7.84. The first-order valence-electron chi connectivity index (χ1n) is 9.20. The van der Waals surface area contributed by atoms with Gasteiger partial charge in [-0.2, -0.15) is 0 Å². The van der Waals surface area contributed by atoms with Crippen molar-refractivity contribution in [3.8, 4) is 11.5 Å².